The number of likely N-dealkylation sites (N-methyl/N-ethyl adjacent to an activating group) is 1. The minimum Gasteiger partial charge on any atom is -0.396 e. The molecule has 1 unspecified atom stereocenters. The van der Waals surface area contributed by atoms with Crippen molar-refractivity contribution < 1.29 is 12.8 Å². The molecule has 3 N–H and O–H groups in total. The minimum atomic E-state index is -3.98. The Balaban J connectivity index is 2.79. The zero-order valence-electron chi connectivity index (χ0n) is 12.4. The zero-order valence-corrected chi connectivity index (χ0v) is 13.9. The van der Waals surface area contributed by atoms with Gasteiger partial charge in [0.25, 0.3) is 0 Å². The number of hydrogen-bond donors (Lipinski definition) is 2. The number of nitrogen functional groups attached to an aromatic ring is 1. The molecule has 0 aliphatic rings. The molecule has 0 aliphatic carbocycles. The predicted molar refractivity (Wildman–Crippen MR) is 83.4 cm³/mol. The highest BCUT2D eigenvalue weighted by Crippen LogP contribution is 2.24. The average Bonchev–Trinajstić information content (AvgIpc) is 2.41. The van der Waals surface area contributed by atoms with Gasteiger partial charge in [0.2, 0.25) is 10.0 Å². The highest BCUT2D eigenvalue weighted by Gasteiger charge is 2.21. The number of benzene rings is 1. The lowest BCUT2D eigenvalue weighted by molar-refractivity contribution is 0.256. The van der Waals surface area contributed by atoms with E-state index >= 15 is 0 Å². The molecule has 0 aliphatic heterocycles. The number of nitrogens with one attached hydrogen (secondary N) is 1. The van der Waals surface area contributed by atoms with Gasteiger partial charge in [-0.25, -0.2) is 17.5 Å². The van der Waals surface area contributed by atoms with Crippen LogP contribution in [0.25, 0.3) is 0 Å². The van der Waals surface area contributed by atoms with Gasteiger partial charge in [-0.05, 0) is 32.5 Å². The second-order valence-corrected chi connectivity index (χ2v) is 7.11. The molecule has 120 valence electrons. The summed E-state index contributed by atoms with van der Waals surface area (Å²) in [4.78, 5) is 1.49. The van der Waals surface area contributed by atoms with Crippen molar-refractivity contribution in [2.75, 3.05) is 25.9 Å². The number of hydrogen-bond acceptors (Lipinski definition) is 4. The Morgan fingerprint density at radius 2 is 2.10 bits per heavy atom. The van der Waals surface area contributed by atoms with Gasteiger partial charge in [0.15, 0.2) is 5.82 Å². The first-order valence-electron chi connectivity index (χ1n) is 6.63. The van der Waals surface area contributed by atoms with Crippen LogP contribution in [-0.2, 0) is 10.0 Å². The Kier molecular flexibility index (Phi) is 6.40. The standard InChI is InChI=1S/C13H21ClFN3O2S/c1-4-9(2)18(3)6-5-17-21(19,20)12-8-10(14)7-11(16)13(12)15/h7-9,17H,4-6,16H2,1-3H3. The number of nitrogens with zero attached hydrogens (tertiary/aromatic N) is 1. The van der Waals surface area contributed by atoms with Gasteiger partial charge in [0.1, 0.15) is 4.90 Å². The molecule has 1 aromatic rings. The van der Waals surface area contributed by atoms with Gasteiger partial charge < -0.3 is 10.6 Å². The Morgan fingerprint density at radius 1 is 1.48 bits per heavy atom. The van der Waals surface area contributed by atoms with Crippen molar-refractivity contribution in [1.29, 1.82) is 0 Å². The van der Waals surface area contributed by atoms with E-state index in [-0.39, 0.29) is 17.3 Å². The number of rotatable bonds is 7. The molecule has 21 heavy (non-hydrogen) atoms. The van der Waals surface area contributed by atoms with Gasteiger partial charge in [0, 0.05) is 24.2 Å². The van der Waals surface area contributed by atoms with Crippen molar-refractivity contribution in [2.24, 2.45) is 0 Å². The second kappa shape index (κ2) is 7.40. The number of anilines is 1. The van der Waals surface area contributed by atoms with E-state index in [2.05, 4.69) is 11.6 Å². The summed E-state index contributed by atoms with van der Waals surface area (Å²) in [5, 5.41) is 0.0750. The third-order valence-corrected chi connectivity index (χ3v) is 5.10. The second-order valence-electron chi connectivity index (χ2n) is 4.94. The summed E-state index contributed by atoms with van der Waals surface area (Å²) in [6, 6.07) is 2.56. The van der Waals surface area contributed by atoms with Gasteiger partial charge in [-0.15, -0.1) is 0 Å². The lowest BCUT2D eigenvalue weighted by Crippen LogP contribution is -2.37. The van der Waals surface area contributed by atoms with E-state index in [0.29, 0.717) is 12.6 Å². The van der Waals surface area contributed by atoms with E-state index in [9.17, 15) is 12.8 Å². The molecular formula is C13H21ClFN3O2S. The Morgan fingerprint density at radius 3 is 2.67 bits per heavy atom. The molecule has 5 nitrogen and oxygen atoms in total. The molecule has 0 bridgehead atoms. The first-order valence-corrected chi connectivity index (χ1v) is 8.49. The summed E-state index contributed by atoms with van der Waals surface area (Å²) in [5.41, 5.74) is 5.10. The van der Waals surface area contributed by atoms with E-state index in [0.717, 1.165) is 12.5 Å². The maximum absolute atomic E-state index is 13.8. The minimum absolute atomic E-state index is 0.0750. The Hall–Kier alpha value is -0.890. The van der Waals surface area contributed by atoms with Crippen LogP contribution in [0.15, 0.2) is 17.0 Å². The summed E-state index contributed by atoms with van der Waals surface area (Å²) in [6.45, 7) is 4.79. The Bertz CT molecular complexity index is 595. The fourth-order valence-electron chi connectivity index (χ4n) is 1.75. The van der Waals surface area contributed by atoms with Crippen molar-refractivity contribution in [2.45, 2.75) is 31.2 Å². The molecule has 0 amide bonds. The van der Waals surface area contributed by atoms with Crippen LogP contribution in [0.5, 0.6) is 0 Å². The third kappa shape index (κ3) is 4.81. The lowest BCUT2D eigenvalue weighted by Gasteiger charge is -2.23. The highest BCUT2D eigenvalue weighted by molar-refractivity contribution is 7.89. The summed E-state index contributed by atoms with van der Waals surface area (Å²) in [5.74, 6) is -0.984. The lowest BCUT2D eigenvalue weighted by atomic mass is 10.2. The smallest absolute Gasteiger partial charge is 0.243 e. The van der Waals surface area contributed by atoms with Crippen LogP contribution >= 0.6 is 11.6 Å². The summed E-state index contributed by atoms with van der Waals surface area (Å²) < 4.78 is 40.4. The molecule has 1 aromatic carbocycles. The first kappa shape index (κ1) is 18.2. The molecule has 1 atom stereocenters. The van der Waals surface area contributed by atoms with Gasteiger partial charge in [-0.3, -0.25) is 0 Å². The van der Waals surface area contributed by atoms with Crippen LogP contribution in [0, 0.1) is 5.82 Å². The SMILES string of the molecule is CCC(C)N(C)CCNS(=O)(=O)c1cc(Cl)cc(N)c1F. The molecule has 1 rings (SSSR count). The summed E-state index contributed by atoms with van der Waals surface area (Å²) in [7, 11) is -2.08. The maximum atomic E-state index is 13.8. The molecule has 0 aromatic heterocycles. The van der Waals surface area contributed by atoms with E-state index in [1.165, 1.54) is 6.07 Å². The van der Waals surface area contributed by atoms with Gasteiger partial charge in [-0.1, -0.05) is 18.5 Å². The quantitative estimate of drug-likeness (QED) is 0.747. The fraction of sp³-hybridized carbons (Fsp3) is 0.538. The maximum Gasteiger partial charge on any atom is 0.243 e. The van der Waals surface area contributed by atoms with Crippen LogP contribution in [0.4, 0.5) is 10.1 Å². The molecule has 0 saturated carbocycles. The highest BCUT2D eigenvalue weighted by atomic mass is 35.5. The fourth-order valence-corrected chi connectivity index (χ4v) is 3.19. The summed E-state index contributed by atoms with van der Waals surface area (Å²) in [6.07, 6.45) is 0.961. The van der Waals surface area contributed by atoms with E-state index < -0.39 is 20.7 Å². The van der Waals surface area contributed by atoms with E-state index in [1.54, 1.807) is 0 Å². The number of nitrogens with two attached hydrogens (primary N) is 1. The third-order valence-electron chi connectivity index (χ3n) is 3.42. The van der Waals surface area contributed by atoms with Crippen LogP contribution in [-0.4, -0.2) is 39.5 Å². The van der Waals surface area contributed by atoms with Gasteiger partial charge in [0.05, 0.1) is 5.69 Å². The molecule has 8 heteroatoms. The normalized spacial score (nSPS) is 13.6. The van der Waals surface area contributed by atoms with Crippen LogP contribution < -0.4 is 10.5 Å². The van der Waals surface area contributed by atoms with Crippen LogP contribution in [0.1, 0.15) is 20.3 Å². The molecule has 0 saturated heterocycles. The molecule has 0 spiro atoms. The molecule has 0 heterocycles. The van der Waals surface area contributed by atoms with Crippen molar-refractivity contribution >= 4 is 27.3 Å². The van der Waals surface area contributed by atoms with Crippen molar-refractivity contribution in [3.63, 3.8) is 0 Å². The molecular weight excluding hydrogens is 317 g/mol. The van der Waals surface area contributed by atoms with Crippen LogP contribution in [0.2, 0.25) is 5.02 Å². The van der Waals surface area contributed by atoms with Gasteiger partial charge >= 0.3 is 0 Å². The average molecular weight is 338 g/mol. The molecule has 0 fully saturated rings. The molecule has 0 radical (unpaired) electrons. The monoisotopic (exact) mass is 337 g/mol. The largest absolute Gasteiger partial charge is 0.396 e. The van der Waals surface area contributed by atoms with Crippen molar-refractivity contribution in [3.05, 3.63) is 23.0 Å². The topological polar surface area (TPSA) is 75.4 Å². The Labute approximate surface area is 130 Å². The predicted octanol–water partition coefficient (Wildman–Crippen LogP) is 2.07. The number of sulfonamides is 1. The zero-order chi connectivity index (χ0) is 16.2. The first-order chi connectivity index (χ1) is 9.69. The number of halogens is 2. The van der Waals surface area contributed by atoms with E-state index in [4.69, 9.17) is 17.3 Å². The van der Waals surface area contributed by atoms with Crippen molar-refractivity contribution in [3.8, 4) is 0 Å². The van der Waals surface area contributed by atoms with Gasteiger partial charge in [-0.2, -0.15) is 0 Å². The summed E-state index contributed by atoms with van der Waals surface area (Å²) >= 11 is 5.73. The van der Waals surface area contributed by atoms with Crippen LogP contribution in [0.3, 0.4) is 0 Å². The van der Waals surface area contributed by atoms with E-state index in [1.807, 2.05) is 18.9 Å². The van der Waals surface area contributed by atoms with Crippen molar-refractivity contribution in [1.82, 2.24) is 9.62 Å².